The molecule has 1 rings (SSSR count). The van der Waals surface area contributed by atoms with E-state index in [2.05, 4.69) is 4.72 Å². The Labute approximate surface area is 126 Å². The van der Waals surface area contributed by atoms with Crippen LogP contribution in [0.4, 0.5) is 0 Å². The van der Waals surface area contributed by atoms with Gasteiger partial charge in [0.2, 0.25) is 10.0 Å². The number of aliphatic carboxylic acids is 1. The van der Waals surface area contributed by atoms with Gasteiger partial charge in [-0.25, -0.2) is 13.1 Å². The van der Waals surface area contributed by atoms with E-state index in [1.165, 1.54) is 0 Å². The minimum absolute atomic E-state index is 0.128. The van der Waals surface area contributed by atoms with Crippen LogP contribution in [0, 0.1) is 12.8 Å². The number of carboxylic acids is 1. The first-order valence-corrected chi connectivity index (χ1v) is 8.62. The molecule has 21 heavy (non-hydrogen) atoms. The number of aryl methyl sites for hydroxylation is 1. The van der Waals surface area contributed by atoms with Gasteiger partial charge < -0.3 is 5.11 Å². The molecule has 1 aromatic rings. The Morgan fingerprint density at radius 2 is 1.95 bits per heavy atom. The van der Waals surface area contributed by atoms with Gasteiger partial charge in [-0.15, -0.1) is 0 Å². The number of benzene rings is 1. The second-order valence-corrected chi connectivity index (χ2v) is 6.89. The molecule has 0 heterocycles. The van der Waals surface area contributed by atoms with Crippen LogP contribution < -0.4 is 4.72 Å². The molecule has 0 saturated heterocycles. The summed E-state index contributed by atoms with van der Waals surface area (Å²) in [7, 11) is -3.49. The first-order chi connectivity index (χ1) is 9.86. The molecule has 0 aliphatic heterocycles. The number of rotatable bonds is 9. The highest BCUT2D eigenvalue weighted by molar-refractivity contribution is 7.89. The summed E-state index contributed by atoms with van der Waals surface area (Å²) in [5, 5.41) is 8.68. The molecule has 1 unspecified atom stereocenters. The second-order valence-electron chi connectivity index (χ2n) is 5.16. The summed E-state index contributed by atoms with van der Waals surface area (Å²) in [6.07, 6.45) is 2.20. The van der Waals surface area contributed by atoms with Crippen molar-refractivity contribution >= 4 is 16.0 Å². The van der Waals surface area contributed by atoms with Crippen molar-refractivity contribution in [1.29, 1.82) is 0 Å². The Hall–Kier alpha value is -1.40. The van der Waals surface area contributed by atoms with E-state index < -0.39 is 16.0 Å². The lowest BCUT2D eigenvalue weighted by molar-refractivity contribution is -0.137. The first kappa shape index (κ1) is 17.7. The maximum absolute atomic E-state index is 12.2. The molecule has 0 fully saturated rings. The molecule has 2 N–H and O–H groups in total. The van der Waals surface area contributed by atoms with Gasteiger partial charge in [0.05, 0.1) is 4.90 Å². The quantitative estimate of drug-likeness (QED) is 0.734. The van der Waals surface area contributed by atoms with Crippen molar-refractivity contribution in [3.05, 3.63) is 29.8 Å². The highest BCUT2D eigenvalue weighted by Gasteiger charge is 2.16. The maximum atomic E-state index is 12.2. The molecule has 118 valence electrons. The van der Waals surface area contributed by atoms with Crippen LogP contribution in [-0.2, 0) is 14.8 Å². The van der Waals surface area contributed by atoms with E-state index in [1.807, 2.05) is 6.92 Å². The van der Waals surface area contributed by atoms with Gasteiger partial charge in [-0.1, -0.05) is 31.5 Å². The Kier molecular flexibility index (Phi) is 6.84. The van der Waals surface area contributed by atoms with Crippen LogP contribution in [0.25, 0.3) is 0 Å². The second kappa shape index (κ2) is 8.14. The molecule has 0 spiro atoms. The lowest BCUT2D eigenvalue weighted by Crippen LogP contribution is -2.27. The number of nitrogens with one attached hydrogen (secondary N) is 1. The van der Waals surface area contributed by atoms with Crippen molar-refractivity contribution in [3.63, 3.8) is 0 Å². The normalized spacial score (nSPS) is 13.0. The van der Waals surface area contributed by atoms with Gasteiger partial charge in [-0.2, -0.15) is 0 Å². The molecule has 0 aromatic heterocycles. The van der Waals surface area contributed by atoms with Crippen LogP contribution in [0.3, 0.4) is 0 Å². The average molecular weight is 313 g/mol. The minimum Gasteiger partial charge on any atom is -0.481 e. The smallest absolute Gasteiger partial charge is 0.303 e. The average Bonchev–Trinajstić information content (AvgIpc) is 2.42. The van der Waals surface area contributed by atoms with Crippen LogP contribution in [0.1, 0.15) is 38.2 Å². The third-order valence-electron chi connectivity index (χ3n) is 3.57. The molecule has 0 radical (unpaired) electrons. The molecule has 6 heteroatoms. The fraction of sp³-hybridized carbons (Fsp3) is 0.533. The van der Waals surface area contributed by atoms with Crippen LogP contribution in [-0.4, -0.2) is 26.0 Å². The molecule has 0 aliphatic carbocycles. The van der Waals surface area contributed by atoms with Crippen molar-refractivity contribution in [1.82, 2.24) is 4.72 Å². The zero-order chi connectivity index (χ0) is 15.9. The van der Waals surface area contributed by atoms with Crippen molar-refractivity contribution in [2.75, 3.05) is 6.54 Å². The lowest BCUT2D eigenvalue weighted by Gasteiger charge is -2.14. The zero-order valence-corrected chi connectivity index (χ0v) is 13.3. The first-order valence-electron chi connectivity index (χ1n) is 7.14. The maximum Gasteiger partial charge on any atom is 0.303 e. The van der Waals surface area contributed by atoms with Gasteiger partial charge in [0.25, 0.3) is 0 Å². The Balaban J connectivity index is 2.54. The summed E-state index contributed by atoms with van der Waals surface area (Å²) >= 11 is 0. The highest BCUT2D eigenvalue weighted by Crippen LogP contribution is 2.17. The van der Waals surface area contributed by atoms with E-state index in [4.69, 9.17) is 5.11 Å². The Morgan fingerprint density at radius 3 is 2.52 bits per heavy atom. The molecule has 0 saturated carbocycles. The zero-order valence-electron chi connectivity index (χ0n) is 12.5. The van der Waals surface area contributed by atoms with Gasteiger partial charge in [-0.05, 0) is 37.3 Å². The number of carbonyl (C=O) groups is 1. The van der Waals surface area contributed by atoms with Gasteiger partial charge in [-0.3, -0.25) is 4.79 Å². The number of hydrogen-bond acceptors (Lipinski definition) is 3. The van der Waals surface area contributed by atoms with Gasteiger partial charge in [0.15, 0.2) is 0 Å². The van der Waals surface area contributed by atoms with Gasteiger partial charge >= 0.3 is 5.97 Å². The van der Waals surface area contributed by atoms with E-state index in [0.717, 1.165) is 6.42 Å². The van der Waals surface area contributed by atoms with E-state index in [9.17, 15) is 13.2 Å². The van der Waals surface area contributed by atoms with Crippen LogP contribution in [0.5, 0.6) is 0 Å². The van der Waals surface area contributed by atoms with Gasteiger partial charge in [0.1, 0.15) is 0 Å². The monoisotopic (exact) mass is 313 g/mol. The summed E-state index contributed by atoms with van der Waals surface area (Å²) in [6, 6.07) is 6.84. The molecular weight excluding hydrogens is 290 g/mol. The van der Waals surface area contributed by atoms with Crippen LogP contribution >= 0.6 is 0 Å². The minimum atomic E-state index is -3.49. The SMILES string of the molecule is CCC(CCNS(=O)(=O)c1ccccc1C)CCC(=O)O. The highest BCUT2D eigenvalue weighted by atomic mass is 32.2. The largest absolute Gasteiger partial charge is 0.481 e. The summed E-state index contributed by atoms with van der Waals surface area (Å²) in [5.74, 6) is -0.588. The molecule has 5 nitrogen and oxygen atoms in total. The molecule has 1 atom stereocenters. The topological polar surface area (TPSA) is 83.5 Å². The van der Waals surface area contributed by atoms with Crippen molar-refractivity contribution in [2.45, 2.75) is 44.4 Å². The standard InChI is InChI=1S/C15H23NO4S/c1-3-13(8-9-15(17)18)10-11-16-21(19,20)14-7-5-4-6-12(14)2/h4-7,13,16H,3,8-11H2,1-2H3,(H,17,18). The predicted octanol–water partition coefficient (Wildman–Crippen LogP) is 2.55. The molecule has 0 bridgehead atoms. The number of sulfonamides is 1. The third-order valence-corrected chi connectivity index (χ3v) is 5.19. The third kappa shape index (κ3) is 5.85. The van der Waals surface area contributed by atoms with Gasteiger partial charge in [0, 0.05) is 13.0 Å². The van der Waals surface area contributed by atoms with E-state index in [-0.39, 0.29) is 12.3 Å². The van der Waals surface area contributed by atoms with E-state index >= 15 is 0 Å². The van der Waals surface area contributed by atoms with E-state index in [0.29, 0.717) is 29.8 Å². The Morgan fingerprint density at radius 1 is 1.29 bits per heavy atom. The number of hydrogen-bond donors (Lipinski definition) is 2. The van der Waals surface area contributed by atoms with Crippen molar-refractivity contribution < 1.29 is 18.3 Å². The lowest BCUT2D eigenvalue weighted by atomic mass is 9.97. The van der Waals surface area contributed by atoms with E-state index in [1.54, 1.807) is 31.2 Å². The molecule has 0 aliphatic rings. The number of carboxylic acid groups (broad SMARTS) is 1. The summed E-state index contributed by atoms with van der Waals surface area (Å²) in [6.45, 7) is 4.08. The summed E-state index contributed by atoms with van der Waals surface area (Å²) in [4.78, 5) is 10.9. The molecule has 0 amide bonds. The Bertz CT molecular complexity index is 569. The molecule has 1 aromatic carbocycles. The van der Waals surface area contributed by atoms with Crippen LogP contribution in [0.15, 0.2) is 29.2 Å². The van der Waals surface area contributed by atoms with Crippen molar-refractivity contribution in [2.24, 2.45) is 5.92 Å². The fourth-order valence-corrected chi connectivity index (χ4v) is 3.51. The predicted molar refractivity (Wildman–Crippen MR) is 81.6 cm³/mol. The molecular formula is C15H23NO4S. The fourth-order valence-electron chi connectivity index (χ4n) is 2.21. The van der Waals surface area contributed by atoms with Crippen LogP contribution in [0.2, 0.25) is 0 Å². The summed E-state index contributed by atoms with van der Waals surface area (Å²) in [5.41, 5.74) is 0.711. The van der Waals surface area contributed by atoms with Crippen molar-refractivity contribution in [3.8, 4) is 0 Å². The summed E-state index contributed by atoms with van der Waals surface area (Å²) < 4.78 is 27.0.